The standard InChI is InChI=1S/C30H29FN2O4/c1-2-21-19-33(29(35)32-28(21)34)27-18-25(31)26(37-27)20-36-30(22-12-6-3-7-13-22,23-14-8-4-9-15-23)24-16-10-5-11-17-24/h3-17,19,25-27H,2,18,20H2,1H3,(H,32,34,35)/t25?,26-,27-/m0/s1. The number of ether oxygens (including phenoxy) is 2. The van der Waals surface area contributed by atoms with E-state index in [4.69, 9.17) is 9.47 Å². The molecule has 1 fully saturated rings. The zero-order valence-corrected chi connectivity index (χ0v) is 20.5. The molecule has 0 bridgehead atoms. The van der Waals surface area contributed by atoms with Gasteiger partial charge in [-0.05, 0) is 23.1 Å². The molecule has 1 N–H and O–H groups in total. The van der Waals surface area contributed by atoms with E-state index in [0.29, 0.717) is 12.0 Å². The second kappa shape index (κ2) is 10.7. The van der Waals surface area contributed by atoms with Gasteiger partial charge in [0.05, 0.1) is 6.61 Å². The topological polar surface area (TPSA) is 73.3 Å². The summed E-state index contributed by atoms with van der Waals surface area (Å²) in [7, 11) is 0. The number of hydrogen-bond donors (Lipinski definition) is 1. The van der Waals surface area contributed by atoms with Crippen LogP contribution in [0, 0.1) is 0 Å². The maximum atomic E-state index is 15.3. The van der Waals surface area contributed by atoms with E-state index in [9.17, 15) is 9.59 Å². The maximum Gasteiger partial charge on any atom is 0.330 e. The highest BCUT2D eigenvalue weighted by Gasteiger charge is 2.42. The lowest BCUT2D eigenvalue weighted by Crippen LogP contribution is -2.37. The number of aryl methyl sites for hydroxylation is 1. The Balaban J connectivity index is 1.49. The SMILES string of the molecule is CCc1cn([C@@H]2CC(F)[C@H](COC(c3ccccc3)(c3ccccc3)c3ccccc3)O2)c(=O)[nH]c1=O. The number of aromatic amines is 1. The Morgan fingerprint density at radius 1 is 0.919 bits per heavy atom. The molecule has 1 unspecified atom stereocenters. The van der Waals surface area contributed by atoms with Gasteiger partial charge in [0.15, 0.2) is 0 Å². The van der Waals surface area contributed by atoms with E-state index in [1.165, 1.54) is 10.8 Å². The first-order valence-electron chi connectivity index (χ1n) is 12.5. The molecule has 2 heterocycles. The molecular formula is C30H29FN2O4. The van der Waals surface area contributed by atoms with Crippen molar-refractivity contribution in [3.8, 4) is 0 Å². The monoisotopic (exact) mass is 500 g/mol. The minimum absolute atomic E-state index is 0.0157. The molecule has 0 radical (unpaired) electrons. The lowest BCUT2D eigenvalue weighted by molar-refractivity contribution is -0.0868. The van der Waals surface area contributed by atoms with Crippen LogP contribution in [0.1, 0.15) is 41.8 Å². The number of alkyl halides is 1. The van der Waals surface area contributed by atoms with Crippen LogP contribution < -0.4 is 11.2 Å². The molecule has 1 aromatic heterocycles. The number of nitrogens with one attached hydrogen (secondary N) is 1. The first-order valence-corrected chi connectivity index (χ1v) is 12.5. The van der Waals surface area contributed by atoms with E-state index < -0.39 is 35.4 Å². The van der Waals surface area contributed by atoms with Gasteiger partial charge in [-0.2, -0.15) is 0 Å². The fourth-order valence-corrected chi connectivity index (χ4v) is 4.98. The van der Waals surface area contributed by atoms with E-state index in [0.717, 1.165) is 16.7 Å². The number of rotatable bonds is 8. The highest BCUT2D eigenvalue weighted by molar-refractivity contribution is 5.47. The van der Waals surface area contributed by atoms with Crippen LogP contribution >= 0.6 is 0 Å². The van der Waals surface area contributed by atoms with Crippen molar-refractivity contribution in [2.45, 2.75) is 43.9 Å². The predicted octanol–water partition coefficient (Wildman–Crippen LogP) is 4.73. The second-order valence-corrected chi connectivity index (χ2v) is 9.15. The number of aromatic nitrogens is 2. The van der Waals surface area contributed by atoms with Crippen LogP contribution in [0.2, 0.25) is 0 Å². The molecule has 1 aliphatic heterocycles. The minimum Gasteiger partial charge on any atom is -0.358 e. The molecule has 3 atom stereocenters. The summed E-state index contributed by atoms with van der Waals surface area (Å²) in [5.41, 5.74) is 1.10. The van der Waals surface area contributed by atoms with Gasteiger partial charge in [-0.1, -0.05) is 97.9 Å². The quantitative estimate of drug-likeness (QED) is 0.355. The fraction of sp³-hybridized carbons (Fsp3) is 0.267. The van der Waals surface area contributed by atoms with Gasteiger partial charge in [-0.3, -0.25) is 14.3 Å². The van der Waals surface area contributed by atoms with Crippen LogP contribution in [0.5, 0.6) is 0 Å². The summed E-state index contributed by atoms with van der Waals surface area (Å²) in [6.07, 6.45) is -1.19. The smallest absolute Gasteiger partial charge is 0.330 e. The Hall–Kier alpha value is -3.81. The van der Waals surface area contributed by atoms with Crippen molar-refractivity contribution in [3.05, 3.63) is 140 Å². The molecule has 37 heavy (non-hydrogen) atoms. The Labute approximate surface area is 214 Å². The third-order valence-corrected chi connectivity index (χ3v) is 6.90. The van der Waals surface area contributed by atoms with Crippen LogP contribution in [0.25, 0.3) is 0 Å². The van der Waals surface area contributed by atoms with Crippen molar-refractivity contribution < 1.29 is 13.9 Å². The average Bonchev–Trinajstić information content (AvgIpc) is 3.31. The van der Waals surface area contributed by atoms with Crippen LogP contribution in [0.15, 0.2) is 107 Å². The van der Waals surface area contributed by atoms with Crippen molar-refractivity contribution in [2.24, 2.45) is 0 Å². The van der Waals surface area contributed by atoms with Gasteiger partial charge in [0.2, 0.25) is 0 Å². The molecule has 1 aliphatic rings. The highest BCUT2D eigenvalue weighted by Crippen LogP contribution is 2.41. The molecule has 0 spiro atoms. The molecular weight excluding hydrogens is 471 g/mol. The Kier molecular flexibility index (Phi) is 7.17. The summed E-state index contributed by atoms with van der Waals surface area (Å²) in [6.45, 7) is 1.77. The Bertz CT molecular complexity index is 1340. The first kappa shape index (κ1) is 24.9. The number of benzene rings is 3. The van der Waals surface area contributed by atoms with Crippen molar-refractivity contribution in [3.63, 3.8) is 0 Å². The summed E-state index contributed by atoms with van der Waals surface area (Å²) in [5, 5.41) is 0. The largest absolute Gasteiger partial charge is 0.358 e. The molecule has 6 nitrogen and oxygen atoms in total. The highest BCUT2D eigenvalue weighted by atomic mass is 19.1. The molecule has 0 saturated carbocycles. The van der Waals surface area contributed by atoms with Crippen molar-refractivity contribution >= 4 is 0 Å². The molecule has 7 heteroatoms. The molecule has 0 amide bonds. The first-order chi connectivity index (χ1) is 18.0. The van der Waals surface area contributed by atoms with Crippen molar-refractivity contribution in [1.82, 2.24) is 9.55 Å². The van der Waals surface area contributed by atoms with Gasteiger partial charge in [-0.15, -0.1) is 0 Å². The summed E-state index contributed by atoms with van der Waals surface area (Å²) in [5.74, 6) is 0. The number of H-pyrrole nitrogens is 1. The number of hydrogen-bond acceptors (Lipinski definition) is 4. The van der Waals surface area contributed by atoms with Gasteiger partial charge in [-0.25, -0.2) is 9.18 Å². The summed E-state index contributed by atoms with van der Waals surface area (Å²) in [6, 6.07) is 29.5. The molecule has 3 aromatic carbocycles. The summed E-state index contributed by atoms with van der Waals surface area (Å²) in [4.78, 5) is 26.7. The van der Waals surface area contributed by atoms with Crippen LogP contribution in [-0.2, 0) is 21.5 Å². The molecule has 190 valence electrons. The maximum absolute atomic E-state index is 15.3. The van der Waals surface area contributed by atoms with Crippen LogP contribution in [0.3, 0.4) is 0 Å². The lowest BCUT2D eigenvalue weighted by Gasteiger charge is -2.36. The van der Waals surface area contributed by atoms with E-state index in [2.05, 4.69) is 4.98 Å². The van der Waals surface area contributed by atoms with Gasteiger partial charge in [0.1, 0.15) is 24.1 Å². The van der Waals surface area contributed by atoms with Crippen LogP contribution in [0.4, 0.5) is 4.39 Å². The van der Waals surface area contributed by atoms with Gasteiger partial charge in [0.25, 0.3) is 5.56 Å². The van der Waals surface area contributed by atoms with E-state index in [1.807, 2.05) is 97.9 Å². The van der Waals surface area contributed by atoms with Gasteiger partial charge >= 0.3 is 5.69 Å². The number of nitrogens with zero attached hydrogens (tertiary/aromatic N) is 1. The van der Waals surface area contributed by atoms with E-state index in [-0.39, 0.29) is 13.0 Å². The predicted molar refractivity (Wildman–Crippen MR) is 139 cm³/mol. The van der Waals surface area contributed by atoms with Gasteiger partial charge in [0, 0.05) is 18.2 Å². The average molecular weight is 501 g/mol. The third-order valence-electron chi connectivity index (χ3n) is 6.90. The Morgan fingerprint density at radius 2 is 1.43 bits per heavy atom. The molecule has 1 saturated heterocycles. The fourth-order valence-electron chi connectivity index (χ4n) is 4.98. The lowest BCUT2D eigenvalue weighted by atomic mass is 9.80. The molecule has 5 rings (SSSR count). The normalized spacial score (nSPS) is 19.7. The number of halogens is 1. The Morgan fingerprint density at radius 3 is 1.92 bits per heavy atom. The second-order valence-electron chi connectivity index (χ2n) is 9.15. The molecule has 4 aromatic rings. The van der Waals surface area contributed by atoms with Crippen molar-refractivity contribution in [1.29, 1.82) is 0 Å². The third kappa shape index (κ3) is 4.80. The minimum atomic E-state index is -1.35. The van der Waals surface area contributed by atoms with Crippen molar-refractivity contribution in [2.75, 3.05) is 6.61 Å². The zero-order chi connectivity index (χ0) is 25.8. The summed E-state index contributed by atoms with van der Waals surface area (Å²) >= 11 is 0. The zero-order valence-electron chi connectivity index (χ0n) is 20.5. The van der Waals surface area contributed by atoms with E-state index >= 15 is 4.39 Å². The van der Waals surface area contributed by atoms with Crippen LogP contribution in [-0.4, -0.2) is 28.4 Å². The molecule has 0 aliphatic carbocycles. The summed E-state index contributed by atoms with van der Waals surface area (Å²) < 4.78 is 29.3. The van der Waals surface area contributed by atoms with E-state index in [1.54, 1.807) is 0 Å². The van der Waals surface area contributed by atoms with Gasteiger partial charge < -0.3 is 9.47 Å².